The first kappa shape index (κ1) is 14.0. The summed E-state index contributed by atoms with van der Waals surface area (Å²) in [5, 5.41) is 21.0. The zero-order valence-electron chi connectivity index (χ0n) is 10.5. The Labute approximate surface area is 121 Å². The van der Waals surface area contributed by atoms with E-state index in [9.17, 15) is 9.90 Å². The van der Waals surface area contributed by atoms with Crippen molar-refractivity contribution in [2.45, 2.75) is 4.90 Å². The standard InChI is InChI=1S/C15H12N2O2S/c16-9-11-4-1-2-7-14(11)17-15(19)10-20-13-6-3-5-12(18)8-13/h1-8,18H,10H2,(H,17,19). The van der Waals surface area contributed by atoms with E-state index in [4.69, 9.17) is 5.26 Å². The smallest absolute Gasteiger partial charge is 0.234 e. The maximum Gasteiger partial charge on any atom is 0.234 e. The highest BCUT2D eigenvalue weighted by Crippen LogP contribution is 2.22. The number of thioether (sulfide) groups is 1. The molecule has 0 aliphatic heterocycles. The van der Waals surface area contributed by atoms with Crippen molar-refractivity contribution in [2.75, 3.05) is 11.1 Å². The number of phenolic OH excluding ortho intramolecular Hbond substituents is 1. The lowest BCUT2D eigenvalue weighted by molar-refractivity contribution is -0.113. The van der Waals surface area contributed by atoms with Crippen LogP contribution in [0, 0.1) is 11.3 Å². The number of para-hydroxylation sites is 1. The van der Waals surface area contributed by atoms with E-state index in [1.807, 2.05) is 12.1 Å². The molecule has 20 heavy (non-hydrogen) atoms. The molecule has 4 nitrogen and oxygen atoms in total. The summed E-state index contributed by atoms with van der Waals surface area (Å²) in [6.07, 6.45) is 0. The van der Waals surface area contributed by atoms with Crippen molar-refractivity contribution in [3.8, 4) is 11.8 Å². The number of carbonyl (C=O) groups is 1. The predicted octanol–water partition coefficient (Wildman–Crippen LogP) is 2.99. The zero-order chi connectivity index (χ0) is 14.4. The van der Waals surface area contributed by atoms with Gasteiger partial charge in [-0.05, 0) is 30.3 Å². The van der Waals surface area contributed by atoms with E-state index in [-0.39, 0.29) is 17.4 Å². The molecule has 0 unspecified atom stereocenters. The van der Waals surface area contributed by atoms with Gasteiger partial charge >= 0.3 is 0 Å². The van der Waals surface area contributed by atoms with Crippen molar-refractivity contribution in [2.24, 2.45) is 0 Å². The van der Waals surface area contributed by atoms with Crippen molar-refractivity contribution >= 4 is 23.4 Å². The highest BCUT2D eigenvalue weighted by atomic mass is 32.2. The molecule has 0 saturated carbocycles. The third-order valence-corrected chi connectivity index (χ3v) is 3.50. The van der Waals surface area contributed by atoms with Crippen LogP contribution in [0.4, 0.5) is 5.69 Å². The van der Waals surface area contributed by atoms with E-state index in [1.165, 1.54) is 11.8 Å². The zero-order valence-corrected chi connectivity index (χ0v) is 11.4. The summed E-state index contributed by atoms with van der Waals surface area (Å²) in [5.41, 5.74) is 0.944. The number of nitriles is 1. The van der Waals surface area contributed by atoms with Gasteiger partial charge in [-0.25, -0.2) is 0 Å². The number of aromatic hydroxyl groups is 1. The summed E-state index contributed by atoms with van der Waals surface area (Å²) in [6, 6.07) is 15.6. The molecular weight excluding hydrogens is 272 g/mol. The first-order valence-corrected chi connectivity index (χ1v) is 6.88. The fraction of sp³-hybridized carbons (Fsp3) is 0.0667. The number of benzene rings is 2. The molecule has 0 aliphatic rings. The van der Waals surface area contributed by atoms with Gasteiger partial charge in [-0.2, -0.15) is 5.26 Å². The van der Waals surface area contributed by atoms with Crippen LogP contribution in [0.15, 0.2) is 53.4 Å². The average molecular weight is 284 g/mol. The number of phenols is 1. The molecule has 0 radical (unpaired) electrons. The molecule has 0 atom stereocenters. The maximum atomic E-state index is 11.8. The molecule has 2 aromatic carbocycles. The minimum atomic E-state index is -0.193. The van der Waals surface area contributed by atoms with Crippen LogP contribution >= 0.6 is 11.8 Å². The van der Waals surface area contributed by atoms with Gasteiger partial charge in [-0.1, -0.05) is 18.2 Å². The topological polar surface area (TPSA) is 73.1 Å². The number of anilines is 1. The van der Waals surface area contributed by atoms with Crippen LogP contribution in [0.25, 0.3) is 0 Å². The fourth-order valence-electron chi connectivity index (χ4n) is 1.60. The van der Waals surface area contributed by atoms with Crippen LogP contribution in [0.3, 0.4) is 0 Å². The van der Waals surface area contributed by atoms with Crippen LogP contribution in [0.1, 0.15) is 5.56 Å². The van der Waals surface area contributed by atoms with Crippen LogP contribution in [0.2, 0.25) is 0 Å². The first-order chi connectivity index (χ1) is 9.69. The lowest BCUT2D eigenvalue weighted by atomic mass is 10.2. The van der Waals surface area contributed by atoms with E-state index in [0.717, 1.165) is 4.90 Å². The Balaban J connectivity index is 1.95. The van der Waals surface area contributed by atoms with Gasteiger partial charge in [0.25, 0.3) is 0 Å². The van der Waals surface area contributed by atoms with E-state index in [1.54, 1.807) is 42.5 Å². The SMILES string of the molecule is N#Cc1ccccc1NC(=O)CSc1cccc(O)c1. The second kappa shape index (κ2) is 6.64. The molecule has 0 saturated heterocycles. The lowest BCUT2D eigenvalue weighted by Gasteiger charge is -2.06. The number of nitrogens with zero attached hydrogens (tertiary/aromatic N) is 1. The molecule has 0 aromatic heterocycles. The van der Waals surface area contributed by atoms with Crippen LogP contribution in [-0.2, 0) is 4.79 Å². The normalized spacial score (nSPS) is 9.75. The molecule has 0 aliphatic carbocycles. The van der Waals surface area contributed by atoms with Crippen LogP contribution in [-0.4, -0.2) is 16.8 Å². The fourth-order valence-corrected chi connectivity index (χ4v) is 2.35. The molecule has 100 valence electrons. The van der Waals surface area contributed by atoms with Gasteiger partial charge < -0.3 is 10.4 Å². The molecule has 5 heteroatoms. The van der Waals surface area contributed by atoms with E-state index < -0.39 is 0 Å². The monoisotopic (exact) mass is 284 g/mol. The summed E-state index contributed by atoms with van der Waals surface area (Å²) in [4.78, 5) is 12.6. The van der Waals surface area contributed by atoms with Gasteiger partial charge in [-0.3, -0.25) is 4.79 Å². The highest BCUT2D eigenvalue weighted by molar-refractivity contribution is 8.00. The number of hydrogen-bond donors (Lipinski definition) is 2. The Morgan fingerprint density at radius 1 is 1.25 bits per heavy atom. The predicted molar refractivity (Wildman–Crippen MR) is 78.6 cm³/mol. The van der Waals surface area contributed by atoms with Crippen molar-refractivity contribution in [1.82, 2.24) is 0 Å². The Morgan fingerprint density at radius 2 is 2.05 bits per heavy atom. The van der Waals surface area contributed by atoms with Crippen molar-refractivity contribution < 1.29 is 9.90 Å². The second-order valence-electron chi connectivity index (χ2n) is 3.99. The Bertz CT molecular complexity index is 665. The molecule has 0 bridgehead atoms. The molecule has 0 fully saturated rings. The molecule has 2 N–H and O–H groups in total. The largest absolute Gasteiger partial charge is 0.508 e. The van der Waals surface area contributed by atoms with Crippen LogP contribution < -0.4 is 5.32 Å². The summed E-state index contributed by atoms with van der Waals surface area (Å²) in [5.74, 6) is 0.190. The second-order valence-corrected chi connectivity index (χ2v) is 5.04. The lowest BCUT2D eigenvalue weighted by Crippen LogP contribution is -2.14. The van der Waals surface area contributed by atoms with E-state index in [2.05, 4.69) is 5.32 Å². The minimum Gasteiger partial charge on any atom is -0.508 e. The molecule has 0 spiro atoms. The third kappa shape index (κ3) is 3.77. The number of nitrogens with one attached hydrogen (secondary N) is 1. The average Bonchev–Trinajstić information content (AvgIpc) is 2.46. The minimum absolute atomic E-state index is 0.172. The Hall–Kier alpha value is -2.45. The highest BCUT2D eigenvalue weighted by Gasteiger charge is 2.07. The quantitative estimate of drug-likeness (QED) is 0.846. The Morgan fingerprint density at radius 3 is 2.80 bits per heavy atom. The molecule has 2 rings (SSSR count). The van der Waals surface area contributed by atoms with Crippen molar-refractivity contribution in [3.05, 3.63) is 54.1 Å². The summed E-state index contributed by atoms with van der Waals surface area (Å²) in [6.45, 7) is 0. The summed E-state index contributed by atoms with van der Waals surface area (Å²) in [7, 11) is 0. The first-order valence-electron chi connectivity index (χ1n) is 5.90. The molecule has 2 aromatic rings. The summed E-state index contributed by atoms with van der Waals surface area (Å²) < 4.78 is 0. The van der Waals surface area contributed by atoms with E-state index in [0.29, 0.717) is 11.3 Å². The van der Waals surface area contributed by atoms with Gasteiger partial charge in [0.15, 0.2) is 0 Å². The summed E-state index contributed by atoms with van der Waals surface area (Å²) >= 11 is 1.32. The van der Waals surface area contributed by atoms with Crippen LogP contribution in [0.5, 0.6) is 5.75 Å². The van der Waals surface area contributed by atoms with Crippen molar-refractivity contribution in [1.29, 1.82) is 5.26 Å². The number of hydrogen-bond acceptors (Lipinski definition) is 4. The third-order valence-electron chi connectivity index (χ3n) is 2.51. The van der Waals surface area contributed by atoms with Gasteiger partial charge in [0.2, 0.25) is 5.91 Å². The number of amides is 1. The Kier molecular flexibility index (Phi) is 4.64. The van der Waals surface area contributed by atoms with Crippen molar-refractivity contribution in [3.63, 3.8) is 0 Å². The molecule has 1 amide bonds. The molecule has 0 heterocycles. The number of rotatable bonds is 4. The van der Waals surface area contributed by atoms with Gasteiger partial charge in [-0.15, -0.1) is 11.8 Å². The van der Waals surface area contributed by atoms with E-state index >= 15 is 0 Å². The maximum absolute atomic E-state index is 11.8. The van der Waals surface area contributed by atoms with Gasteiger partial charge in [0, 0.05) is 4.90 Å². The molecular formula is C15H12N2O2S. The number of carbonyl (C=O) groups excluding carboxylic acids is 1. The van der Waals surface area contributed by atoms with Gasteiger partial charge in [0.05, 0.1) is 17.0 Å². The van der Waals surface area contributed by atoms with Gasteiger partial charge in [0.1, 0.15) is 11.8 Å².